The lowest BCUT2D eigenvalue weighted by Gasteiger charge is -2.44. The average molecular weight is 1670 g/mol. The van der Waals surface area contributed by atoms with Crippen LogP contribution in [0.2, 0.25) is 0 Å². The third-order valence-electron chi connectivity index (χ3n) is 30.4. The maximum absolute atomic E-state index is 2.67. The van der Waals surface area contributed by atoms with Crippen LogP contribution in [0, 0.1) is 0 Å². The minimum Gasteiger partial charge on any atom is -0.311 e. The van der Waals surface area contributed by atoms with E-state index in [0.29, 0.717) is 0 Å². The van der Waals surface area contributed by atoms with E-state index in [1.807, 2.05) is 0 Å². The second kappa shape index (κ2) is 28.4. The van der Waals surface area contributed by atoms with E-state index in [-0.39, 0.29) is 50.0 Å². The first-order valence-corrected chi connectivity index (χ1v) is 46.9. The number of benzene rings is 15. The molecule has 0 atom stereocenters. The summed E-state index contributed by atoms with van der Waals surface area (Å²) in [5.41, 5.74) is 41.6. The molecule has 2 aliphatic heterocycles. The summed E-state index contributed by atoms with van der Waals surface area (Å²) in [6, 6.07) is 120. The third kappa shape index (κ3) is 13.0. The number of fused-ring (bicyclic) bond motifs is 15. The van der Waals surface area contributed by atoms with Crippen molar-refractivity contribution in [2.24, 2.45) is 0 Å². The molecule has 0 N–H and O–H groups in total. The molecule has 0 fully saturated rings. The van der Waals surface area contributed by atoms with Gasteiger partial charge in [-0.25, -0.2) is 0 Å². The van der Waals surface area contributed by atoms with Gasteiger partial charge in [0.1, 0.15) is 0 Å². The topological polar surface area (TPSA) is 21.3 Å². The molecule has 4 aliphatic rings. The number of hydrogen-bond donors (Lipinski definition) is 0. The van der Waals surface area contributed by atoms with Gasteiger partial charge in [0.25, 0.3) is 6.71 Å². The molecule has 18 aromatic rings. The first-order valence-electron chi connectivity index (χ1n) is 46.9. The monoisotopic (exact) mass is 1660 g/mol. The molecule has 128 heavy (non-hydrogen) atoms. The molecule has 0 amide bonds. The van der Waals surface area contributed by atoms with Crippen molar-refractivity contribution in [2.75, 3.05) is 9.80 Å². The molecule has 0 saturated carbocycles. The van der Waals surface area contributed by atoms with E-state index in [1.54, 1.807) is 0 Å². The molecule has 0 saturated heterocycles. The van der Waals surface area contributed by atoms with Crippen LogP contribution < -0.4 is 26.2 Å². The minimum absolute atomic E-state index is 0.0478. The van der Waals surface area contributed by atoms with Crippen molar-refractivity contribution in [1.82, 2.24) is 13.7 Å². The zero-order valence-corrected chi connectivity index (χ0v) is 78.5. The zero-order chi connectivity index (χ0) is 88.7. The first-order chi connectivity index (χ1) is 60.9. The van der Waals surface area contributed by atoms with Crippen LogP contribution in [-0.4, -0.2) is 20.4 Å². The van der Waals surface area contributed by atoms with Crippen LogP contribution >= 0.6 is 0 Å². The number of rotatable bonds is 9. The fourth-order valence-corrected chi connectivity index (χ4v) is 22.4. The average Bonchev–Trinajstić information content (AvgIpc) is 1.47. The van der Waals surface area contributed by atoms with Gasteiger partial charge in [0.2, 0.25) is 0 Å². The molecule has 6 heteroatoms. The summed E-state index contributed by atoms with van der Waals surface area (Å²) < 4.78 is 7.75. The van der Waals surface area contributed by atoms with E-state index in [2.05, 4.69) is 465 Å². The second-order valence-corrected chi connectivity index (χ2v) is 44.8. The molecule has 0 bridgehead atoms. The molecule has 2 aliphatic carbocycles. The van der Waals surface area contributed by atoms with Gasteiger partial charge in [-0.05, 0) is 308 Å². The van der Waals surface area contributed by atoms with Crippen molar-refractivity contribution >= 4 is 123 Å². The van der Waals surface area contributed by atoms with Gasteiger partial charge in [0.05, 0.1) is 38.8 Å². The Bertz CT molecular complexity index is 7050. The molecule has 634 valence electrons. The van der Waals surface area contributed by atoms with Crippen LogP contribution in [0.5, 0.6) is 0 Å². The van der Waals surface area contributed by atoms with Gasteiger partial charge in [-0.3, -0.25) is 0 Å². The van der Waals surface area contributed by atoms with E-state index in [9.17, 15) is 0 Å². The fourth-order valence-electron chi connectivity index (χ4n) is 22.4. The van der Waals surface area contributed by atoms with Crippen molar-refractivity contribution in [3.05, 3.63) is 348 Å². The van der Waals surface area contributed by atoms with Crippen molar-refractivity contribution in [3.63, 3.8) is 0 Å². The summed E-state index contributed by atoms with van der Waals surface area (Å²) in [6.45, 7) is 47.5. The lowest BCUT2D eigenvalue weighted by molar-refractivity contribution is 0.332. The van der Waals surface area contributed by atoms with Crippen LogP contribution in [0.25, 0.3) is 127 Å². The first kappa shape index (κ1) is 81.1. The molecule has 0 spiro atoms. The van der Waals surface area contributed by atoms with Crippen molar-refractivity contribution in [2.45, 2.75) is 207 Å². The SMILES string of the molecule is CC(C)(C)c1ccc2c(c1)c1cc(C(C)(C)C)ccc1n2-c1ccc2c(c1)N(c1ccc(-c3ccc4c(c3)C(C)(C)CCC4(C)C)cc1)c1cc(-n3c4ccc(-c5ccccc5)cc4c4cc(-c5ccccc5)ccc43)cc3c1B2c1ccc(-n2c4ccc(C(C)(C)C)cc4c4cc(C(C)(C)C)ccc42)cc1N3c1ccc(-c2ccc3c(c2)C(C)(C)CCC3(C)C)cc1. The highest BCUT2D eigenvalue weighted by molar-refractivity contribution is 7.00. The minimum atomic E-state index is -0.247. The molecule has 0 radical (unpaired) electrons. The summed E-state index contributed by atoms with van der Waals surface area (Å²) in [7, 11) is 0. The van der Waals surface area contributed by atoms with Crippen LogP contribution in [0.15, 0.2) is 303 Å². The fraction of sp³-hybridized carbons (Fsp3) is 0.262. The van der Waals surface area contributed by atoms with Crippen molar-refractivity contribution < 1.29 is 0 Å². The van der Waals surface area contributed by atoms with E-state index in [1.165, 1.54) is 173 Å². The van der Waals surface area contributed by atoms with Gasteiger partial charge >= 0.3 is 0 Å². The molecule has 5 heterocycles. The largest absolute Gasteiger partial charge is 0.311 e. The molecule has 3 aromatic heterocycles. The third-order valence-corrected chi connectivity index (χ3v) is 30.4. The Balaban J connectivity index is 0.855. The summed E-state index contributed by atoms with van der Waals surface area (Å²) in [5.74, 6) is 0. The van der Waals surface area contributed by atoms with Gasteiger partial charge in [-0.1, -0.05) is 308 Å². The summed E-state index contributed by atoms with van der Waals surface area (Å²) in [6.07, 6.45) is 4.64. The Labute approximate surface area is 757 Å². The summed E-state index contributed by atoms with van der Waals surface area (Å²) >= 11 is 0. The maximum Gasteiger partial charge on any atom is 0.252 e. The Morgan fingerprint density at radius 3 is 0.805 bits per heavy atom. The van der Waals surface area contributed by atoms with Crippen molar-refractivity contribution in [1.29, 1.82) is 0 Å². The van der Waals surface area contributed by atoms with Gasteiger partial charge in [-0.15, -0.1) is 0 Å². The highest BCUT2D eigenvalue weighted by atomic mass is 15.2. The number of anilines is 6. The number of nitrogens with zero attached hydrogens (tertiary/aromatic N) is 5. The van der Waals surface area contributed by atoms with E-state index < -0.39 is 0 Å². The normalized spacial score (nSPS) is 15.7. The molecular weight excluding hydrogens is 1550 g/mol. The van der Waals surface area contributed by atoms with Crippen LogP contribution in [0.3, 0.4) is 0 Å². The Morgan fingerprint density at radius 1 is 0.219 bits per heavy atom. The second-order valence-electron chi connectivity index (χ2n) is 44.8. The van der Waals surface area contributed by atoms with Crippen LogP contribution in [0.4, 0.5) is 34.1 Å². The molecule has 0 unspecified atom stereocenters. The smallest absolute Gasteiger partial charge is 0.252 e. The zero-order valence-electron chi connectivity index (χ0n) is 78.5. The van der Waals surface area contributed by atoms with Gasteiger partial charge in [0, 0.05) is 77.8 Å². The highest BCUT2D eigenvalue weighted by Gasteiger charge is 2.46. The lowest BCUT2D eigenvalue weighted by atomic mass is 9.33. The Morgan fingerprint density at radius 2 is 0.477 bits per heavy atom. The predicted octanol–water partition coefficient (Wildman–Crippen LogP) is 31.6. The van der Waals surface area contributed by atoms with Gasteiger partial charge in [-0.2, -0.15) is 0 Å². The van der Waals surface area contributed by atoms with E-state index >= 15 is 0 Å². The lowest BCUT2D eigenvalue weighted by Crippen LogP contribution is -2.61. The maximum atomic E-state index is 2.67. The van der Waals surface area contributed by atoms with Gasteiger partial charge < -0.3 is 23.5 Å². The summed E-state index contributed by atoms with van der Waals surface area (Å²) in [4.78, 5) is 5.35. The Hall–Kier alpha value is -12.6. The van der Waals surface area contributed by atoms with E-state index in [4.69, 9.17) is 0 Å². The molecule has 15 aromatic carbocycles. The van der Waals surface area contributed by atoms with Crippen molar-refractivity contribution in [3.8, 4) is 61.6 Å². The number of aromatic nitrogens is 3. The summed E-state index contributed by atoms with van der Waals surface area (Å²) in [5, 5.41) is 7.46. The molecular formula is C122H118BN5. The van der Waals surface area contributed by atoms with E-state index in [0.717, 1.165) is 75.1 Å². The van der Waals surface area contributed by atoms with Crippen LogP contribution in [0.1, 0.15) is 209 Å². The standard InChI is InChI=1S/C122H118BN5/c1-115(2,3)83-39-55-106-94(67-83)95-68-84(116(4,5)6)40-56-107(95)126(106)89-47-51-102-110(71-89)124(87-43-31-77(32-44-87)81-35-49-98-100(65-81)121(17,18)61-59-119(98,13)14)112-73-91(128-104-53-37-79(75-27-23-21-24-28-75)63-92(104)93-64-80(38-54-105(93)128)76-29-25-22-26-30-76)74-113-114(112)123(102)103-52-48-90(127-108-57-41-85(117(7,8)9)69-96(108)97-70-86(118(10,11)12)42-58-109(97)127)72-111(103)125(113)88-45-33-78(34-46-88)82-36-50-99-101(66-82)122(19,20)62-60-120(99,15)16/h21-58,63-74H,59-62H2,1-20H3. The predicted molar refractivity (Wildman–Crippen MR) is 551 cm³/mol. The Kier molecular flexibility index (Phi) is 18.0. The quantitative estimate of drug-likeness (QED) is 0.134. The highest BCUT2D eigenvalue weighted by Crippen LogP contribution is 2.54. The van der Waals surface area contributed by atoms with Gasteiger partial charge in [0.15, 0.2) is 0 Å². The number of hydrogen-bond acceptors (Lipinski definition) is 2. The molecule has 5 nitrogen and oxygen atoms in total. The molecule has 22 rings (SSSR count). The van der Waals surface area contributed by atoms with Crippen LogP contribution in [-0.2, 0) is 43.3 Å².